The first-order valence-corrected chi connectivity index (χ1v) is 8.31. The Hall–Kier alpha value is -2.31. The highest BCUT2D eigenvalue weighted by molar-refractivity contribution is 5.79. The van der Waals surface area contributed by atoms with Gasteiger partial charge in [-0.3, -0.25) is 9.88 Å². The summed E-state index contributed by atoms with van der Waals surface area (Å²) in [5.74, 6) is 0. The quantitative estimate of drug-likeness (QED) is 0.735. The first-order chi connectivity index (χ1) is 11.8. The minimum absolute atomic E-state index is 0.687. The number of fused-ring (bicyclic) bond motifs is 1. The van der Waals surface area contributed by atoms with E-state index in [2.05, 4.69) is 51.4 Å². The lowest BCUT2D eigenvalue weighted by atomic mass is 10.1. The van der Waals surface area contributed by atoms with Gasteiger partial charge in [0.25, 0.3) is 0 Å². The molecule has 0 spiro atoms. The van der Waals surface area contributed by atoms with Crippen molar-refractivity contribution in [2.75, 3.05) is 26.3 Å². The highest BCUT2D eigenvalue weighted by Gasteiger charge is 2.12. The molecule has 124 valence electrons. The van der Waals surface area contributed by atoms with Crippen molar-refractivity contribution in [3.63, 3.8) is 0 Å². The molecule has 6 nitrogen and oxygen atoms in total. The fourth-order valence-electron chi connectivity index (χ4n) is 3.05. The minimum atomic E-state index is 0.687. The Balaban J connectivity index is 1.47. The molecule has 1 saturated heterocycles. The van der Waals surface area contributed by atoms with Crippen molar-refractivity contribution >= 4 is 10.9 Å². The first kappa shape index (κ1) is 15.2. The summed E-state index contributed by atoms with van der Waals surface area (Å²) in [5.41, 5.74) is 4.41. The van der Waals surface area contributed by atoms with Crippen molar-refractivity contribution in [2.45, 2.75) is 20.0 Å². The van der Waals surface area contributed by atoms with Crippen LogP contribution in [0.15, 0.2) is 36.7 Å². The zero-order valence-corrected chi connectivity index (χ0v) is 13.9. The summed E-state index contributed by atoms with van der Waals surface area (Å²) in [4.78, 5) is 6.88. The van der Waals surface area contributed by atoms with Crippen LogP contribution in [0.25, 0.3) is 10.9 Å². The molecule has 0 atom stereocenters. The van der Waals surface area contributed by atoms with Crippen LogP contribution >= 0.6 is 0 Å². The second kappa shape index (κ2) is 6.67. The van der Waals surface area contributed by atoms with E-state index in [-0.39, 0.29) is 0 Å². The number of rotatable bonds is 4. The third kappa shape index (κ3) is 3.44. The number of nitrogens with zero attached hydrogens (tertiary/aromatic N) is 5. The molecular weight excluding hydrogens is 302 g/mol. The number of aromatic nitrogens is 4. The lowest BCUT2D eigenvalue weighted by Gasteiger charge is -2.25. The second-order valence-corrected chi connectivity index (χ2v) is 6.34. The molecule has 0 radical (unpaired) electrons. The number of hydrogen-bond donors (Lipinski definition) is 0. The van der Waals surface area contributed by atoms with Gasteiger partial charge in [-0.2, -0.15) is 0 Å². The molecule has 0 bridgehead atoms. The Kier molecular flexibility index (Phi) is 4.23. The lowest BCUT2D eigenvalue weighted by Crippen LogP contribution is -2.35. The average Bonchev–Trinajstić information content (AvgIpc) is 3.02. The van der Waals surface area contributed by atoms with Gasteiger partial charge in [0.2, 0.25) is 0 Å². The van der Waals surface area contributed by atoms with Crippen molar-refractivity contribution in [1.82, 2.24) is 24.9 Å². The molecule has 3 aromatic rings. The fourth-order valence-corrected chi connectivity index (χ4v) is 3.05. The molecule has 4 rings (SSSR count). The summed E-state index contributed by atoms with van der Waals surface area (Å²) >= 11 is 0. The molecule has 6 heteroatoms. The van der Waals surface area contributed by atoms with E-state index in [1.54, 1.807) is 0 Å². The number of pyridine rings is 1. The molecule has 0 N–H and O–H groups in total. The van der Waals surface area contributed by atoms with Crippen molar-refractivity contribution in [1.29, 1.82) is 0 Å². The van der Waals surface area contributed by atoms with Gasteiger partial charge in [-0.1, -0.05) is 16.8 Å². The predicted molar refractivity (Wildman–Crippen MR) is 91.7 cm³/mol. The summed E-state index contributed by atoms with van der Waals surface area (Å²) in [6.07, 6.45) is 3.94. The monoisotopic (exact) mass is 323 g/mol. The SMILES string of the molecule is Cc1ccc2ncc(Cn3cc(CN4CCOCC4)nn3)cc2c1. The van der Waals surface area contributed by atoms with E-state index in [0.29, 0.717) is 6.54 Å². The Morgan fingerprint density at radius 3 is 2.88 bits per heavy atom. The molecule has 2 aromatic heterocycles. The molecule has 3 heterocycles. The highest BCUT2D eigenvalue weighted by Crippen LogP contribution is 2.16. The normalized spacial score (nSPS) is 15.9. The van der Waals surface area contributed by atoms with Gasteiger partial charge in [-0.15, -0.1) is 5.10 Å². The third-order valence-corrected chi connectivity index (χ3v) is 4.31. The lowest BCUT2D eigenvalue weighted by molar-refractivity contribution is 0.0336. The van der Waals surface area contributed by atoms with Crippen LogP contribution in [0.5, 0.6) is 0 Å². The highest BCUT2D eigenvalue weighted by atomic mass is 16.5. The Morgan fingerprint density at radius 1 is 1.12 bits per heavy atom. The topological polar surface area (TPSA) is 56.1 Å². The molecule has 0 aliphatic carbocycles. The van der Waals surface area contributed by atoms with E-state index in [4.69, 9.17) is 4.74 Å². The van der Waals surface area contributed by atoms with Crippen LogP contribution in [0.4, 0.5) is 0 Å². The number of hydrogen-bond acceptors (Lipinski definition) is 5. The van der Waals surface area contributed by atoms with Crippen molar-refractivity contribution in [3.05, 3.63) is 53.5 Å². The van der Waals surface area contributed by atoms with Gasteiger partial charge >= 0.3 is 0 Å². The van der Waals surface area contributed by atoms with E-state index in [0.717, 1.165) is 49.6 Å². The van der Waals surface area contributed by atoms with Crippen molar-refractivity contribution in [2.24, 2.45) is 0 Å². The number of benzene rings is 1. The van der Waals surface area contributed by atoms with Crippen LogP contribution in [-0.2, 0) is 17.8 Å². The maximum absolute atomic E-state index is 5.38. The van der Waals surface area contributed by atoms with Gasteiger partial charge in [0.05, 0.1) is 37.2 Å². The average molecular weight is 323 g/mol. The van der Waals surface area contributed by atoms with Crippen LogP contribution in [0, 0.1) is 6.92 Å². The Labute approximate surface area is 141 Å². The van der Waals surface area contributed by atoms with Gasteiger partial charge in [0, 0.05) is 31.2 Å². The number of morpholine rings is 1. The van der Waals surface area contributed by atoms with Crippen LogP contribution < -0.4 is 0 Å². The molecule has 0 amide bonds. The van der Waals surface area contributed by atoms with Gasteiger partial charge < -0.3 is 4.74 Å². The van der Waals surface area contributed by atoms with Gasteiger partial charge in [-0.25, -0.2) is 4.68 Å². The first-order valence-electron chi connectivity index (χ1n) is 8.31. The maximum atomic E-state index is 5.38. The van der Waals surface area contributed by atoms with Gasteiger partial charge in [0.1, 0.15) is 0 Å². The summed E-state index contributed by atoms with van der Waals surface area (Å²) in [5, 5.41) is 9.72. The van der Waals surface area contributed by atoms with Crippen LogP contribution in [0.2, 0.25) is 0 Å². The van der Waals surface area contributed by atoms with Crippen LogP contribution in [-0.4, -0.2) is 51.2 Å². The van der Waals surface area contributed by atoms with Crippen molar-refractivity contribution < 1.29 is 4.74 Å². The van der Waals surface area contributed by atoms with Crippen LogP contribution in [0.1, 0.15) is 16.8 Å². The smallest absolute Gasteiger partial charge is 0.0967 e. The molecular formula is C18H21N5O. The fraction of sp³-hybridized carbons (Fsp3) is 0.389. The van der Waals surface area contributed by atoms with E-state index in [9.17, 15) is 0 Å². The predicted octanol–water partition coefficient (Wildman–Crippen LogP) is 2.02. The Bertz CT molecular complexity index is 838. The molecule has 0 unspecified atom stereocenters. The zero-order chi connectivity index (χ0) is 16.4. The van der Waals surface area contributed by atoms with E-state index in [1.807, 2.05) is 17.1 Å². The molecule has 24 heavy (non-hydrogen) atoms. The summed E-state index contributed by atoms with van der Waals surface area (Å²) in [6, 6.07) is 8.49. The summed E-state index contributed by atoms with van der Waals surface area (Å²) in [6.45, 7) is 7.14. The van der Waals surface area contributed by atoms with Gasteiger partial charge in [-0.05, 0) is 30.7 Å². The summed E-state index contributed by atoms with van der Waals surface area (Å²) in [7, 11) is 0. The molecule has 1 aromatic carbocycles. The summed E-state index contributed by atoms with van der Waals surface area (Å²) < 4.78 is 7.26. The van der Waals surface area contributed by atoms with E-state index >= 15 is 0 Å². The molecule has 0 saturated carbocycles. The zero-order valence-electron chi connectivity index (χ0n) is 13.9. The van der Waals surface area contributed by atoms with E-state index < -0.39 is 0 Å². The minimum Gasteiger partial charge on any atom is -0.379 e. The van der Waals surface area contributed by atoms with Crippen LogP contribution in [0.3, 0.4) is 0 Å². The standard InChI is InChI=1S/C18H21N5O/c1-14-2-3-18-16(8-14)9-15(10-19-18)11-23-13-17(20-21-23)12-22-4-6-24-7-5-22/h2-3,8-10,13H,4-7,11-12H2,1H3. The number of ether oxygens (including phenoxy) is 1. The molecule has 1 aliphatic heterocycles. The second-order valence-electron chi connectivity index (χ2n) is 6.34. The van der Waals surface area contributed by atoms with E-state index in [1.165, 1.54) is 10.9 Å². The maximum Gasteiger partial charge on any atom is 0.0967 e. The van der Waals surface area contributed by atoms with Crippen molar-refractivity contribution in [3.8, 4) is 0 Å². The molecule has 1 fully saturated rings. The third-order valence-electron chi connectivity index (χ3n) is 4.31. The number of aryl methyl sites for hydroxylation is 1. The largest absolute Gasteiger partial charge is 0.379 e. The Morgan fingerprint density at radius 2 is 2.00 bits per heavy atom. The van der Waals surface area contributed by atoms with Gasteiger partial charge in [0.15, 0.2) is 0 Å². The molecule has 1 aliphatic rings.